The average molecular weight is 327 g/mol. The summed E-state index contributed by atoms with van der Waals surface area (Å²) in [5, 5.41) is 3.88. The van der Waals surface area contributed by atoms with Crippen LogP contribution in [0.3, 0.4) is 0 Å². The van der Waals surface area contributed by atoms with Gasteiger partial charge in [0.1, 0.15) is 12.1 Å². The molecule has 1 aliphatic heterocycles. The van der Waals surface area contributed by atoms with Crippen LogP contribution in [0.15, 0.2) is 23.7 Å². The van der Waals surface area contributed by atoms with Crippen LogP contribution >= 0.6 is 0 Å². The number of aromatic nitrogens is 2. The van der Waals surface area contributed by atoms with Gasteiger partial charge in [-0.25, -0.2) is 4.98 Å². The summed E-state index contributed by atoms with van der Waals surface area (Å²) in [4.78, 5) is 22.9. The minimum atomic E-state index is -0.277. The monoisotopic (exact) mass is 327 g/mol. The van der Waals surface area contributed by atoms with Crippen molar-refractivity contribution >= 4 is 17.2 Å². The number of aryl methyl sites for hydroxylation is 1. The van der Waals surface area contributed by atoms with Gasteiger partial charge in [0.05, 0.1) is 17.8 Å². The number of fused-ring (bicyclic) bond motifs is 1. The zero-order valence-corrected chi connectivity index (χ0v) is 14.2. The van der Waals surface area contributed by atoms with Crippen LogP contribution in [0.1, 0.15) is 31.0 Å². The van der Waals surface area contributed by atoms with Gasteiger partial charge in [0.2, 0.25) is 5.91 Å². The predicted octanol–water partition coefficient (Wildman–Crippen LogP) is 2.68. The summed E-state index contributed by atoms with van der Waals surface area (Å²) in [6.45, 7) is 8.39. The van der Waals surface area contributed by atoms with Crippen molar-refractivity contribution in [3.63, 3.8) is 0 Å². The summed E-state index contributed by atoms with van der Waals surface area (Å²) in [6, 6.07) is 1.80. The van der Waals surface area contributed by atoms with E-state index in [-0.39, 0.29) is 11.9 Å². The van der Waals surface area contributed by atoms with Crippen LogP contribution < -0.4 is 4.90 Å². The third kappa shape index (κ3) is 2.76. The van der Waals surface area contributed by atoms with Gasteiger partial charge in [-0.05, 0) is 24.1 Å². The molecule has 1 fully saturated rings. The fourth-order valence-corrected chi connectivity index (χ4v) is 3.28. The quantitative estimate of drug-likeness (QED) is 0.493. The largest absolute Gasteiger partial charge is 0.354 e. The number of rotatable bonds is 3. The number of anilines is 1. The Balaban J connectivity index is 2.06. The van der Waals surface area contributed by atoms with Crippen LogP contribution in [-0.4, -0.2) is 46.4 Å². The van der Waals surface area contributed by atoms with E-state index >= 15 is 0 Å². The Bertz CT molecular complexity index is 813. The summed E-state index contributed by atoms with van der Waals surface area (Å²) in [5.41, 5.74) is 11.9. The number of carbonyl (C=O) groups excluding carboxylic acids is 1. The molecule has 2 aromatic rings. The molecule has 0 spiro atoms. The third-order valence-electron chi connectivity index (χ3n) is 4.60. The van der Waals surface area contributed by atoms with Gasteiger partial charge < -0.3 is 9.80 Å². The lowest BCUT2D eigenvalue weighted by Gasteiger charge is -2.37. The summed E-state index contributed by atoms with van der Waals surface area (Å²) < 4.78 is 2.05. The van der Waals surface area contributed by atoms with Crippen molar-refractivity contribution in [2.75, 3.05) is 31.1 Å². The average Bonchev–Trinajstić information content (AvgIpc) is 3.05. The first-order valence-electron chi connectivity index (χ1n) is 8.03. The highest BCUT2D eigenvalue weighted by Crippen LogP contribution is 2.32. The second-order valence-electron chi connectivity index (χ2n) is 6.13. The molecule has 1 saturated heterocycles. The van der Waals surface area contributed by atoms with Gasteiger partial charge in [-0.2, -0.15) is 0 Å². The molecule has 0 bridgehead atoms. The molecule has 0 saturated carbocycles. The number of hydrogen-bond donors (Lipinski definition) is 0. The van der Waals surface area contributed by atoms with Gasteiger partial charge in [-0.15, -0.1) is 0 Å². The van der Waals surface area contributed by atoms with Gasteiger partial charge in [0.15, 0.2) is 0 Å². The molecule has 8 nitrogen and oxygen atoms in total. The van der Waals surface area contributed by atoms with Crippen molar-refractivity contribution in [3.8, 4) is 0 Å². The Morgan fingerprint density at radius 3 is 2.71 bits per heavy atom. The molecule has 0 aliphatic carbocycles. The molecule has 1 amide bonds. The smallest absolute Gasteiger partial charge is 0.219 e. The lowest BCUT2D eigenvalue weighted by molar-refractivity contribution is -0.129. The number of pyridine rings is 1. The molecule has 24 heavy (non-hydrogen) atoms. The Hall–Kier alpha value is -2.73. The standard InChI is InChI=1S/C16H21N7O/c1-11-8-14(12(2)19-20-17)16(23-10-18-9-15(11)23)22-6-4-21(5-7-22)13(3)24/h8-10,12H,4-7H2,1-3H3. The molecule has 0 aromatic carbocycles. The molecule has 1 aliphatic rings. The maximum Gasteiger partial charge on any atom is 0.219 e. The van der Waals surface area contributed by atoms with Crippen LogP contribution in [0, 0.1) is 6.92 Å². The minimum absolute atomic E-state index is 0.106. The molecular formula is C16H21N7O. The lowest BCUT2D eigenvalue weighted by atomic mass is 10.1. The van der Waals surface area contributed by atoms with Gasteiger partial charge in [0, 0.05) is 43.6 Å². The third-order valence-corrected chi connectivity index (χ3v) is 4.60. The highest BCUT2D eigenvalue weighted by atomic mass is 16.2. The number of piperazine rings is 1. The maximum atomic E-state index is 11.6. The predicted molar refractivity (Wildman–Crippen MR) is 92.0 cm³/mol. The van der Waals surface area contributed by atoms with Crippen molar-refractivity contribution in [2.45, 2.75) is 26.8 Å². The molecule has 2 aromatic heterocycles. The van der Waals surface area contributed by atoms with Gasteiger partial charge in [-0.3, -0.25) is 9.20 Å². The van der Waals surface area contributed by atoms with E-state index in [1.165, 1.54) is 0 Å². The van der Waals surface area contributed by atoms with E-state index in [9.17, 15) is 4.79 Å². The van der Waals surface area contributed by atoms with Crippen molar-refractivity contribution < 1.29 is 4.79 Å². The van der Waals surface area contributed by atoms with Gasteiger partial charge >= 0.3 is 0 Å². The van der Waals surface area contributed by atoms with Gasteiger partial charge in [0.25, 0.3) is 0 Å². The first-order valence-corrected chi connectivity index (χ1v) is 8.03. The van der Waals surface area contributed by atoms with E-state index in [1.807, 2.05) is 24.9 Å². The summed E-state index contributed by atoms with van der Waals surface area (Å²) in [7, 11) is 0. The first-order chi connectivity index (χ1) is 11.5. The Morgan fingerprint density at radius 2 is 2.08 bits per heavy atom. The maximum absolute atomic E-state index is 11.6. The number of amides is 1. The highest BCUT2D eigenvalue weighted by molar-refractivity contribution is 5.73. The molecule has 3 heterocycles. The van der Waals surface area contributed by atoms with E-state index in [1.54, 1.807) is 13.3 Å². The number of azide groups is 1. The van der Waals surface area contributed by atoms with Crippen molar-refractivity contribution in [3.05, 3.63) is 40.2 Å². The Morgan fingerprint density at radius 1 is 1.38 bits per heavy atom. The van der Waals surface area contributed by atoms with Crippen LogP contribution in [0.4, 0.5) is 5.82 Å². The Kier molecular flexibility index (Phi) is 4.31. The topological polar surface area (TPSA) is 89.6 Å². The molecule has 126 valence electrons. The number of imidazole rings is 1. The van der Waals surface area contributed by atoms with Crippen molar-refractivity contribution in [2.24, 2.45) is 5.11 Å². The van der Waals surface area contributed by atoms with Gasteiger partial charge in [-0.1, -0.05) is 12.0 Å². The molecule has 3 rings (SSSR count). The molecule has 8 heteroatoms. The zero-order valence-electron chi connectivity index (χ0n) is 14.2. The summed E-state index contributed by atoms with van der Waals surface area (Å²) in [5.74, 6) is 1.10. The second-order valence-corrected chi connectivity index (χ2v) is 6.13. The second kappa shape index (κ2) is 6.41. The van der Waals surface area contributed by atoms with Crippen LogP contribution in [-0.2, 0) is 4.79 Å². The highest BCUT2D eigenvalue weighted by Gasteiger charge is 2.24. The summed E-state index contributed by atoms with van der Waals surface area (Å²) >= 11 is 0. The molecular weight excluding hydrogens is 306 g/mol. The fourth-order valence-electron chi connectivity index (χ4n) is 3.28. The number of nitrogens with zero attached hydrogens (tertiary/aromatic N) is 7. The minimum Gasteiger partial charge on any atom is -0.354 e. The molecule has 0 radical (unpaired) electrons. The van der Waals surface area contributed by atoms with E-state index in [0.717, 1.165) is 35.6 Å². The van der Waals surface area contributed by atoms with E-state index < -0.39 is 0 Å². The lowest BCUT2D eigenvalue weighted by Crippen LogP contribution is -2.48. The van der Waals surface area contributed by atoms with Crippen LogP contribution in [0.2, 0.25) is 0 Å². The van der Waals surface area contributed by atoms with E-state index in [4.69, 9.17) is 5.53 Å². The van der Waals surface area contributed by atoms with Crippen LogP contribution in [0.5, 0.6) is 0 Å². The van der Waals surface area contributed by atoms with E-state index in [2.05, 4.69) is 30.4 Å². The normalized spacial score (nSPS) is 16.1. The molecule has 1 unspecified atom stereocenters. The van der Waals surface area contributed by atoms with Crippen molar-refractivity contribution in [1.29, 1.82) is 0 Å². The fraction of sp³-hybridized carbons (Fsp3) is 0.500. The van der Waals surface area contributed by atoms with Crippen LogP contribution in [0.25, 0.3) is 16.0 Å². The molecule has 0 N–H and O–H groups in total. The zero-order chi connectivity index (χ0) is 17.3. The van der Waals surface area contributed by atoms with Crippen molar-refractivity contribution in [1.82, 2.24) is 14.3 Å². The first kappa shape index (κ1) is 16.1. The molecule has 1 atom stereocenters. The number of hydrogen-bond acceptors (Lipinski definition) is 4. The Labute approximate surface area is 140 Å². The summed E-state index contributed by atoms with van der Waals surface area (Å²) in [6.07, 6.45) is 3.63. The SMILES string of the molecule is CC(=O)N1CCN(c2c(C(C)N=[N+]=[N-])cc(C)c3cncn23)CC1. The number of carbonyl (C=O) groups is 1. The van der Waals surface area contributed by atoms with E-state index in [0.29, 0.717) is 13.1 Å².